The van der Waals surface area contributed by atoms with Crippen molar-refractivity contribution in [1.29, 1.82) is 0 Å². The fourth-order valence-corrected chi connectivity index (χ4v) is 0.889. The van der Waals surface area contributed by atoms with Crippen molar-refractivity contribution in [3.8, 4) is 0 Å². The molecule has 0 aliphatic rings. The summed E-state index contributed by atoms with van der Waals surface area (Å²) < 4.78 is 12.6. The van der Waals surface area contributed by atoms with Gasteiger partial charge in [0.15, 0.2) is 0 Å². The van der Waals surface area contributed by atoms with Crippen molar-refractivity contribution in [2.75, 3.05) is 6.54 Å². The SMILES string of the molecule is C=C(Cl)CNC(=O)c1ccnc(F)c1. The third-order valence-corrected chi connectivity index (χ3v) is 1.56. The van der Waals surface area contributed by atoms with Gasteiger partial charge >= 0.3 is 0 Å². The molecule has 1 amide bonds. The number of hydrogen-bond acceptors (Lipinski definition) is 2. The van der Waals surface area contributed by atoms with Gasteiger partial charge in [0.25, 0.3) is 5.91 Å². The normalized spacial score (nSPS) is 9.57. The van der Waals surface area contributed by atoms with Crippen LogP contribution in [0.2, 0.25) is 0 Å². The monoisotopic (exact) mass is 214 g/mol. The van der Waals surface area contributed by atoms with Gasteiger partial charge in [0.05, 0.1) is 6.54 Å². The summed E-state index contributed by atoms with van der Waals surface area (Å²) in [5.41, 5.74) is 0.204. The van der Waals surface area contributed by atoms with Crippen LogP contribution in [0.1, 0.15) is 10.4 Å². The third-order valence-electron chi connectivity index (χ3n) is 1.43. The Morgan fingerprint density at radius 1 is 1.71 bits per heavy atom. The second kappa shape index (κ2) is 4.72. The number of nitrogens with zero attached hydrogens (tertiary/aromatic N) is 1. The third kappa shape index (κ3) is 3.14. The minimum absolute atomic E-state index is 0.157. The largest absolute Gasteiger partial charge is 0.347 e. The zero-order chi connectivity index (χ0) is 10.6. The lowest BCUT2D eigenvalue weighted by Crippen LogP contribution is -2.24. The molecule has 0 bridgehead atoms. The molecular weight excluding hydrogens is 207 g/mol. The molecule has 0 aliphatic heterocycles. The van der Waals surface area contributed by atoms with Crippen LogP contribution in [-0.4, -0.2) is 17.4 Å². The van der Waals surface area contributed by atoms with E-state index in [2.05, 4.69) is 16.9 Å². The van der Waals surface area contributed by atoms with E-state index >= 15 is 0 Å². The first-order valence-electron chi connectivity index (χ1n) is 3.82. The highest BCUT2D eigenvalue weighted by Gasteiger charge is 2.05. The smallest absolute Gasteiger partial charge is 0.251 e. The Hall–Kier alpha value is -1.42. The van der Waals surface area contributed by atoms with Gasteiger partial charge in [0.2, 0.25) is 5.95 Å². The summed E-state index contributed by atoms with van der Waals surface area (Å²) in [6.45, 7) is 3.56. The van der Waals surface area contributed by atoms with Crippen LogP contribution in [0, 0.1) is 5.95 Å². The summed E-state index contributed by atoms with van der Waals surface area (Å²) in [5, 5.41) is 2.77. The van der Waals surface area contributed by atoms with E-state index in [-0.39, 0.29) is 12.1 Å². The summed E-state index contributed by atoms with van der Waals surface area (Å²) in [7, 11) is 0. The number of pyridine rings is 1. The molecule has 1 heterocycles. The van der Waals surface area contributed by atoms with Crippen molar-refractivity contribution in [1.82, 2.24) is 10.3 Å². The van der Waals surface area contributed by atoms with Crippen molar-refractivity contribution in [3.63, 3.8) is 0 Å². The number of aromatic nitrogens is 1. The first kappa shape index (κ1) is 10.7. The fourth-order valence-electron chi connectivity index (χ4n) is 0.822. The minimum Gasteiger partial charge on any atom is -0.347 e. The Balaban J connectivity index is 2.65. The zero-order valence-corrected chi connectivity index (χ0v) is 8.01. The highest BCUT2D eigenvalue weighted by atomic mass is 35.5. The summed E-state index contributed by atoms with van der Waals surface area (Å²) in [6.07, 6.45) is 1.22. The Bertz CT molecular complexity index is 368. The van der Waals surface area contributed by atoms with Crippen molar-refractivity contribution in [2.24, 2.45) is 0 Å². The molecule has 1 aromatic rings. The van der Waals surface area contributed by atoms with E-state index in [1.807, 2.05) is 0 Å². The molecule has 0 spiro atoms. The summed E-state index contributed by atoms with van der Waals surface area (Å²) >= 11 is 5.44. The van der Waals surface area contributed by atoms with Gasteiger partial charge in [-0.1, -0.05) is 18.2 Å². The van der Waals surface area contributed by atoms with Crippen molar-refractivity contribution < 1.29 is 9.18 Å². The lowest BCUT2D eigenvalue weighted by Gasteiger charge is -2.02. The molecule has 3 nitrogen and oxygen atoms in total. The Labute approximate surface area is 85.6 Å². The lowest BCUT2D eigenvalue weighted by atomic mass is 10.2. The first-order chi connectivity index (χ1) is 6.59. The molecule has 5 heteroatoms. The second-order valence-electron chi connectivity index (χ2n) is 2.57. The van der Waals surface area contributed by atoms with E-state index in [9.17, 15) is 9.18 Å². The Morgan fingerprint density at radius 3 is 3.00 bits per heavy atom. The highest BCUT2D eigenvalue weighted by molar-refractivity contribution is 6.29. The van der Waals surface area contributed by atoms with Gasteiger partial charge in [-0.05, 0) is 6.07 Å². The van der Waals surface area contributed by atoms with E-state index < -0.39 is 11.9 Å². The number of nitrogens with one attached hydrogen (secondary N) is 1. The molecular formula is C9H8ClFN2O. The van der Waals surface area contributed by atoms with Crippen LogP contribution in [-0.2, 0) is 0 Å². The fraction of sp³-hybridized carbons (Fsp3) is 0.111. The molecule has 0 aliphatic carbocycles. The van der Waals surface area contributed by atoms with Gasteiger partial charge in [-0.25, -0.2) is 4.98 Å². The van der Waals surface area contributed by atoms with Gasteiger partial charge in [0.1, 0.15) is 0 Å². The molecule has 0 aromatic carbocycles. The van der Waals surface area contributed by atoms with E-state index in [1.165, 1.54) is 12.3 Å². The molecule has 0 fully saturated rings. The summed E-state index contributed by atoms with van der Waals surface area (Å²) in [5.74, 6) is -1.10. The molecule has 0 radical (unpaired) electrons. The number of carbonyl (C=O) groups excluding carboxylic acids is 1. The standard InChI is InChI=1S/C9H8ClFN2O/c1-6(10)5-13-9(14)7-2-3-12-8(11)4-7/h2-4H,1,5H2,(H,13,14). The van der Waals surface area contributed by atoms with E-state index in [0.717, 1.165) is 6.07 Å². The molecule has 1 N–H and O–H groups in total. The van der Waals surface area contributed by atoms with Gasteiger partial charge < -0.3 is 5.32 Å². The average Bonchev–Trinajstić information content (AvgIpc) is 2.14. The molecule has 74 valence electrons. The number of carbonyl (C=O) groups is 1. The maximum atomic E-state index is 12.6. The van der Waals surface area contributed by atoms with E-state index in [1.54, 1.807) is 0 Å². The highest BCUT2D eigenvalue weighted by Crippen LogP contribution is 2.01. The quantitative estimate of drug-likeness (QED) is 0.779. The van der Waals surface area contributed by atoms with Crippen LogP contribution in [0.15, 0.2) is 29.9 Å². The van der Waals surface area contributed by atoms with Crippen molar-refractivity contribution >= 4 is 17.5 Å². The average molecular weight is 215 g/mol. The maximum absolute atomic E-state index is 12.6. The van der Waals surface area contributed by atoms with E-state index in [4.69, 9.17) is 11.6 Å². The minimum atomic E-state index is -0.692. The van der Waals surface area contributed by atoms with Gasteiger partial charge in [-0.2, -0.15) is 4.39 Å². The molecule has 0 unspecified atom stereocenters. The number of amides is 1. The maximum Gasteiger partial charge on any atom is 0.251 e. The Kier molecular flexibility index (Phi) is 3.59. The predicted octanol–water partition coefficient (Wildman–Crippen LogP) is 1.70. The predicted molar refractivity (Wildman–Crippen MR) is 51.5 cm³/mol. The van der Waals surface area contributed by atoms with Crippen LogP contribution in [0.3, 0.4) is 0 Å². The molecule has 14 heavy (non-hydrogen) atoms. The topological polar surface area (TPSA) is 42.0 Å². The van der Waals surface area contributed by atoms with Gasteiger partial charge in [-0.3, -0.25) is 4.79 Å². The lowest BCUT2D eigenvalue weighted by molar-refractivity contribution is 0.0957. The second-order valence-corrected chi connectivity index (χ2v) is 3.10. The molecule has 0 saturated carbocycles. The Morgan fingerprint density at radius 2 is 2.43 bits per heavy atom. The number of hydrogen-bond donors (Lipinski definition) is 1. The summed E-state index contributed by atoms with van der Waals surface area (Å²) in [6, 6.07) is 2.46. The van der Waals surface area contributed by atoms with Gasteiger partial charge in [-0.15, -0.1) is 0 Å². The summed E-state index contributed by atoms with van der Waals surface area (Å²) in [4.78, 5) is 14.6. The molecule has 0 atom stereocenters. The van der Waals surface area contributed by atoms with Crippen LogP contribution >= 0.6 is 11.6 Å². The van der Waals surface area contributed by atoms with E-state index in [0.29, 0.717) is 5.03 Å². The van der Waals surface area contributed by atoms with Crippen molar-refractivity contribution in [3.05, 3.63) is 41.5 Å². The molecule has 1 aromatic heterocycles. The van der Waals surface area contributed by atoms with Gasteiger partial charge in [0, 0.05) is 22.9 Å². The number of rotatable bonds is 3. The van der Waals surface area contributed by atoms with Crippen LogP contribution < -0.4 is 5.32 Å². The molecule has 0 saturated heterocycles. The van der Waals surface area contributed by atoms with Crippen LogP contribution in [0.25, 0.3) is 0 Å². The molecule has 1 rings (SSSR count). The van der Waals surface area contributed by atoms with Crippen LogP contribution in [0.5, 0.6) is 0 Å². The zero-order valence-electron chi connectivity index (χ0n) is 7.26. The van der Waals surface area contributed by atoms with Crippen molar-refractivity contribution in [2.45, 2.75) is 0 Å². The van der Waals surface area contributed by atoms with Crippen LogP contribution in [0.4, 0.5) is 4.39 Å². The number of halogens is 2. The first-order valence-corrected chi connectivity index (χ1v) is 4.20.